The number of hydrogen-bond acceptors (Lipinski definition) is 2. The Kier molecular flexibility index (Phi) is 5.39. The fourth-order valence-corrected chi connectivity index (χ4v) is 0.315. The van der Waals surface area contributed by atoms with Crippen molar-refractivity contribution in [2.24, 2.45) is 0 Å². The van der Waals surface area contributed by atoms with E-state index >= 15 is 0 Å². The van der Waals surface area contributed by atoms with Gasteiger partial charge >= 0.3 is 0 Å². The molecule has 7 heavy (non-hydrogen) atoms. The zero-order valence-electron chi connectivity index (χ0n) is 4.52. The molecule has 2 heteroatoms. The maximum absolute atomic E-state index is 8.01. The summed E-state index contributed by atoms with van der Waals surface area (Å²) in [5, 5.41) is 8.01. The Morgan fingerprint density at radius 3 is 2.86 bits per heavy atom. The van der Waals surface area contributed by atoms with Gasteiger partial charge in [0, 0.05) is 6.54 Å². The largest absolute Gasteiger partial charge is 0.317 e. The lowest BCUT2D eigenvalue weighted by molar-refractivity contribution is 0.169. The van der Waals surface area contributed by atoms with Crippen LogP contribution in [0.15, 0.2) is 12.2 Å². The van der Waals surface area contributed by atoms with Gasteiger partial charge in [-0.2, -0.15) is 0 Å². The van der Waals surface area contributed by atoms with E-state index in [-0.39, 0.29) is 0 Å². The minimum Gasteiger partial charge on any atom is -0.317 e. The lowest BCUT2D eigenvalue weighted by atomic mass is 10.4. The molecule has 42 valence electrons. The Morgan fingerprint density at radius 1 is 1.71 bits per heavy atom. The second-order valence-corrected chi connectivity index (χ2v) is 1.27. The van der Waals surface area contributed by atoms with E-state index in [1.54, 1.807) is 0 Å². The van der Waals surface area contributed by atoms with Crippen molar-refractivity contribution in [3.63, 3.8) is 0 Å². The van der Waals surface area contributed by atoms with Crippen LogP contribution in [0.2, 0.25) is 0 Å². The van der Waals surface area contributed by atoms with Crippen LogP contribution in [0.4, 0.5) is 0 Å². The quantitative estimate of drug-likeness (QED) is 0.315. The average molecular weight is 101 g/mol. The summed E-state index contributed by atoms with van der Waals surface area (Å²) < 4.78 is 0. The van der Waals surface area contributed by atoms with Crippen LogP contribution >= 0.6 is 0 Å². The van der Waals surface area contributed by atoms with Gasteiger partial charge in [0.2, 0.25) is 0 Å². The minimum atomic E-state index is 0.643. The van der Waals surface area contributed by atoms with Gasteiger partial charge in [0.1, 0.15) is 0 Å². The predicted molar refractivity (Wildman–Crippen MR) is 29.2 cm³/mol. The Hall–Kier alpha value is -0.340. The summed E-state index contributed by atoms with van der Waals surface area (Å²) in [6.45, 7) is 2.60. The Balaban J connectivity index is 2.69. The van der Waals surface area contributed by atoms with Crippen molar-refractivity contribution >= 4 is 0 Å². The van der Waals surface area contributed by atoms with Crippen molar-refractivity contribution in [1.82, 2.24) is 5.48 Å². The van der Waals surface area contributed by atoms with Crippen molar-refractivity contribution in [3.05, 3.63) is 12.2 Å². The van der Waals surface area contributed by atoms with Gasteiger partial charge in [-0.3, -0.25) is 0 Å². The van der Waals surface area contributed by atoms with Crippen LogP contribution in [-0.4, -0.2) is 11.8 Å². The highest BCUT2D eigenvalue weighted by atomic mass is 16.5. The summed E-state index contributed by atoms with van der Waals surface area (Å²) in [4.78, 5) is 0. The summed E-state index contributed by atoms with van der Waals surface area (Å²) in [7, 11) is 0. The van der Waals surface area contributed by atoms with Crippen molar-refractivity contribution in [2.75, 3.05) is 6.54 Å². The SMILES string of the molecule is C/C=C\CCNO. The molecule has 2 N–H and O–H groups in total. The molecule has 0 unspecified atom stereocenters. The lowest BCUT2D eigenvalue weighted by Gasteiger charge is -1.86. The third kappa shape index (κ3) is 5.66. The fourth-order valence-electron chi connectivity index (χ4n) is 0.315. The second kappa shape index (κ2) is 5.66. The molecule has 0 aromatic heterocycles. The molecule has 0 amide bonds. The van der Waals surface area contributed by atoms with Crippen LogP contribution in [0, 0.1) is 0 Å². The highest BCUT2D eigenvalue weighted by Crippen LogP contribution is 1.76. The molecule has 0 bridgehead atoms. The second-order valence-electron chi connectivity index (χ2n) is 1.27. The molecule has 0 radical (unpaired) electrons. The third-order valence-electron chi connectivity index (χ3n) is 0.659. The van der Waals surface area contributed by atoms with E-state index < -0.39 is 0 Å². The Morgan fingerprint density at radius 2 is 2.43 bits per heavy atom. The highest BCUT2D eigenvalue weighted by molar-refractivity contribution is 4.76. The summed E-state index contributed by atoms with van der Waals surface area (Å²) in [5.74, 6) is 0. The molecule has 0 aliphatic heterocycles. The van der Waals surface area contributed by atoms with E-state index in [0.29, 0.717) is 6.54 Å². The molecule has 2 nitrogen and oxygen atoms in total. The number of rotatable bonds is 3. The maximum atomic E-state index is 8.01. The lowest BCUT2D eigenvalue weighted by Crippen LogP contribution is -2.06. The number of hydroxylamine groups is 1. The van der Waals surface area contributed by atoms with Crippen molar-refractivity contribution in [1.29, 1.82) is 0 Å². The van der Waals surface area contributed by atoms with Crippen molar-refractivity contribution in [2.45, 2.75) is 13.3 Å². The molecule has 0 saturated carbocycles. The standard InChI is InChI=1S/C5H11NO/c1-2-3-4-5-6-7/h2-3,6-7H,4-5H2,1H3/b3-2-. The van der Waals surface area contributed by atoms with Crippen LogP contribution in [0.1, 0.15) is 13.3 Å². The molecule has 0 atom stereocenters. The molecule has 0 aromatic rings. The van der Waals surface area contributed by atoms with Gasteiger partial charge < -0.3 is 5.21 Å². The zero-order valence-corrected chi connectivity index (χ0v) is 4.52. The first-order valence-corrected chi connectivity index (χ1v) is 2.40. The van der Waals surface area contributed by atoms with Gasteiger partial charge in [-0.05, 0) is 13.3 Å². The van der Waals surface area contributed by atoms with Crippen LogP contribution in [0.5, 0.6) is 0 Å². The normalized spacial score (nSPS) is 10.6. The van der Waals surface area contributed by atoms with Gasteiger partial charge in [0.25, 0.3) is 0 Å². The van der Waals surface area contributed by atoms with Gasteiger partial charge in [-0.1, -0.05) is 12.2 Å². The van der Waals surface area contributed by atoms with E-state index in [1.807, 2.05) is 19.1 Å². The van der Waals surface area contributed by atoms with E-state index in [1.165, 1.54) is 0 Å². The third-order valence-corrected chi connectivity index (χ3v) is 0.659. The van der Waals surface area contributed by atoms with E-state index in [2.05, 4.69) is 5.48 Å². The molecular formula is C5H11NO. The molecular weight excluding hydrogens is 90.1 g/mol. The molecule has 0 aromatic carbocycles. The predicted octanol–water partition coefficient (Wildman–Crippen LogP) is 0.931. The topological polar surface area (TPSA) is 32.3 Å². The molecule has 0 rings (SSSR count). The van der Waals surface area contributed by atoms with E-state index in [9.17, 15) is 0 Å². The molecule has 0 saturated heterocycles. The first-order chi connectivity index (χ1) is 3.41. The van der Waals surface area contributed by atoms with E-state index in [4.69, 9.17) is 5.21 Å². The van der Waals surface area contributed by atoms with E-state index in [0.717, 1.165) is 6.42 Å². The first kappa shape index (κ1) is 6.66. The minimum absolute atomic E-state index is 0.643. The van der Waals surface area contributed by atoms with Crippen molar-refractivity contribution in [3.8, 4) is 0 Å². The molecule has 0 spiro atoms. The summed E-state index contributed by atoms with van der Waals surface area (Å²) in [5.41, 5.74) is 2.05. The van der Waals surface area contributed by atoms with Gasteiger partial charge in [-0.15, -0.1) is 0 Å². The highest BCUT2D eigenvalue weighted by Gasteiger charge is 1.71. The van der Waals surface area contributed by atoms with Gasteiger partial charge in [0.15, 0.2) is 0 Å². The molecule has 0 aliphatic carbocycles. The number of allylic oxidation sites excluding steroid dienone is 1. The summed E-state index contributed by atoms with van der Waals surface area (Å²) in [6, 6.07) is 0. The average Bonchev–Trinajstić information content (AvgIpc) is 1.69. The van der Waals surface area contributed by atoms with Crippen LogP contribution in [0.3, 0.4) is 0 Å². The monoisotopic (exact) mass is 101 g/mol. The summed E-state index contributed by atoms with van der Waals surface area (Å²) >= 11 is 0. The fraction of sp³-hybridized carbons (Fsp3) is 0.600. The smallest absolute Gasteiger partial charge is 0.0242 e. The van der Waals surface area contributed by atoms with Gasteiger partial charge in [-0.25, -0.2) is 5.48 Å². The molecule has 0 heterocycles. The zero-order chi connectivity index (χ0) is 5.54. The molecule has 0 aliphatic rings. The van der Waals surface area contributed by atoms with Crippen molar-refractivity contribution < 1.29 is 5.21 Å². The Labute approximate surface area is 43.8 Å². The number of hydrogen-bond donors (Lipinski definition) is 2. The molecule has 0 fully saturated rings. The van der Waals surface area contributed by atoms with Crippen LogP contribution < -0.4 is 5.48 Å². The Bertz CT molecular complexity index is 52.0. The first-order valence-electron chi connectivity index (χ1n) is 2.40. The van der Waals surface area contributed by atoms with Crippen LogP contribution in [0.25, 0.3) is 0 Å². The van der Waals surface area contributed by atoms with Gasteiger partial charge in [0.05, 0.1) is 0 Å². The number of nitrogens with one attached hydrogen (secondary N) is 1. The maximum Gasteiger partial charge on any atom is 0.0242 e. The summed E-state index contributed by atoms with van der Waals surface area (Å²) in [6.07, 6.45) is 4.84. The van der Waals surface area contributed by atoms with Crippen LogP contribution in [-0.2, 0) is 0 Å².